The quantitative estimate of drug-likeness (QED) is 0.838. The Morgan fingerprint density at radius 3 is 2.85 bits per heavy atom. The van der Waals surface area contributed by atoms with E-state index in [0.29, 0.717) is 12.0 Å². The fourth-order valence-electron chi connectivity index (χ4n) is 4.77. The van der Waals surface area contributed by atoms with Gasteiger partial charge in [-0.3, -0.25) is 0 Å². The van der Waals surface area contributed by atoms with Gasteiger partial charge in [0.25, 0.3) is 0 Å². The standard InChI is InChI=1S/C17H25N3/c1-18-15-4-2-3-5-16-14(15)10-19-17(20-16)13-9-11-6-7-12(13)8-11/h10-13,15,18H,2-9H2,1H3. The summed E-state index contributed by atoms with van der Waals surface area (Å²) in [5, 5.41) is 3.44. The molecule has 0 amide bonds. The zero-order valence-electron chi connectivity index (χ0n) is 12.4. The van der Waals surface area contributed by atoms with Gasteiger partial charge in [-0.15, -0.1) is 0 Å². The van der Waals surface area contributed by atoms with Crippen LogP contribution < -0.4 is 5.32 Å². The van der Waals surface area contributed by atoms with E-state index in [-0.39, 0.29) is 0 Å². The molecule has 3 aliphatic carbocycles. The Labute approximate surface area is 121 Å². The van der Waals surface area contributed by atoms with Crippen molar-refractivity contribution in [1.82, 2.24) is 15.3 Å². The van der Waals surface area contributed by atoms with Crippen molar-refractivity contribution in [3.8, 4) is 0 Å². The molecule has 2 fully saturated rings. The van der Waals surface area contributed by atoms with Gasteiger partial charge in [0.15, 0.2) is 0 Å². The second-order valence-corrected chi connectivity index (χ2v) is 7.00. The van der Waals surface area contributed by atoms with Gasteiger partial charge >= 0.3 is 0 Å². The average molecular weight is 271 g/mol. The zero-order chi connectivity index (χ0) is 13.5. The molecule has 4 rings (SSSR count). The van der Waals surface area contributed by atoms with Gasteiger partial charge in [0.05, 0.1) is 0 Å². The van der Waals surface area contributed by atoms with E-state index in [0.717, 1.165) is 24.1 Å². The molecule has 0 spiro atoms. The maximum Gasteiger partial charge on any atom is 0.131 e. The number of fused-ring (bicyclic) bond motifs is 3. The van der Waals surface area contributed by atoms with Gasteiger partial charge in [0.2, 0.25) is 0 Å². The lowest BCUT2D eigenvalue weighted by Crippen LogP contribution is -2.19. The molecule has 1 aromatic rings. The van der Waals surface area contributed by atoms with Crippen molar-refractivity contribution in [2.75, 3.05) is 7.05 Å². The summed E-state index contributed by atoms with van der Waals surface area (Å²) in [6.07, 6.45) is 12.7. The summed E-state index contributed by atoms with van der Waals surface area (Å²) in [5.74, 6) is 3.67. The van der Waals surface area contributed by atoms with Crippen molar-refractivity contribution < 1.29 is 0 Å². The number of rotatable bonds is 2. The van der Waals surface area contributed by atoms with Crippen LogP contribution in [-0.4, -0.2) is 17.0 Å². The monoisotopic (exact) mass is 271 g/mol. The molecule has 3 aliphatic rings. The van der Waals surface area contributed by atoms with Gasteiger partial charge in [0.1, 0.15) is 5.82 Å². The molecule has 4 atom stereocenters. The second-order valence-electron chi connectivity index (χ2n) is 7.00. The number of hydrogen-bond donors (Lipinski definition) is 1. The third-order valence-electron chi connectivity index (χ3n) is 5.87. The predicted octanol–water partition coefficient (Wildman–Crippen LogP) is 3.37. The number of aromatic nitrogens is 2. The van der Waals surface area contributed by atoms with Crippen LogP contribution in [-0.2, 0) is 6.42 Å². The van der Waals surface area contributed by atoms with Crippen LogP contribution >= 0.6 is 0 Å². The molecule has 0 radical (unpaired) electrons. The molecular formula is C17H25N3. The normalized spacial score (nSPS) is 35.9. The first-order valence-corrected chi connectivity index (χ1v) is 8.38. The van der Waals surface area contributed by atoms with Crippen LogP contribution in [0.4, 0.5) is 0 Å². The maximum atomic E-state index is 5.02. The number of nitrogens with zero attached hydrogens (tertiary/aromatic N) is 2. The fourth-order valence-corrected chi connectivity index (χ4v) is 4.77. The smallest absolute Gasteiger partial charge is 0.131 e. The van der Waals surface area contributed by atoms with Gasteiger partial charge in [0, 0.05) is 29.4 Å². The highest BCUT2D eigenvalue weighted by atomic mass is 14.9. The maximum absolute atomic E-state index is 5.02. The van der Waals surface area contributed by atoms with Crippen LogP contribution in [0.15, 0.2) is 6.20 Å². The summed E-state index contributed by atoms with van der Waals surface area (Å²) in [6.45, 7) is 0. The van der Waals surface area contributed by atoms with Crippen molar-refractivity contribution >= 4 is 0 Å². The molecule has 2 saturated carbocycles. The van der Waals surface area contributed by atoms with Gasteiger partial charge < -0.3 is 5.32 Å². The van der Waals surface area contributed by atoms with E-state index < -0.39 is 0 Å². The molecule has 0 saturated heterocycles. The molecule has 2 bridgehead atoms. The van der Waals surface area contributed by atoms with Gasteiger partial charge in [-0.05, 0) is 57.4 Å². The fraction of sp³-hybridized carbons (Fsp3) is 0.765. The van der Waals surface area contributed by atoms with Gasteiger partial charge in [-0.1, -0.05) is 12.8 Å². The van der Waals surface area contributed by atoms with Crippen molar-refractivity contribution in [2.45, 2.75) is 63.3 Å². The first-order chi connectivity index (χ1) is 9.85. The number of aryl methyl sites for hydroxylation is 1. The van der Waals surface area contributed by atoms with E-state index >= 15 is 0 Å². The molecule has 3 heteroatoms. The van der Waals surface area contributed by atoms with E-state index in [2.05, 4.69) is 18.6 Å². The molecule has 1 aromatic heterocycles. The van der Waals surface area contributed by atoms with Crippen molar-refractivity contribution in [3.63, 3.8) is 0 Å². The molecule has 1 heterocycles. The lowest BCUT2D eigenvalue weighted by atomic mass is 9.88. The average Bonchev–Trinajstić information content (AvgIpc) is 3.05. The third kappa shape index (κ3) is 2.07. The second kappa shape index (κ2) is 5.10. The van der Waals surface area contributed by atoms with E-state index in [9.17, 15) is 0 Å². The molecule has 3 nitrogen and oxygen atoms in total. The topological polar surface area (TPSA) is 37.8 Å². The number of hydrogen-bond acceptors (Lipinski definition) is 3. The van der Waals surface area contributed by atoms with Crippen LogP contribution in [0, 0.1) is 11.8 Å². The largest absolute Gasteiger partial charge is 0.313 e. The zero-order valence-corrected chi connectivity index (χ0v) is 12.4. The molecule has 0 aromatic carbocycles. The van der Waals surface area contributed by atoms with E-state index in [1.165, 1.54) is 56.2 Å². The minimum atomic E-state index is 0.460. The summed E-state index contributed by atoms with van der Waals surface area (Å²) in [6, 6.07) is 0.460. The first kappa shape index (κ1) is 12.8. The Hall–Kier alpha value is -0.960. The minimum absolute atomic E-state index is 0.460. The van der Waals surface area contributed by atoms with Crippen LogP contribution in [0.1, 0.15) is 74.0 Å². The Kier molecular flexibility index (Phi) is 3.25. The Morgan fingerprint density at radius 1 is 1.15 bits per heavy atom. The lowest BCUT2D eigenvalue weighted by molar-refractivity contribution is 0.403. The van der Waals surface area contributed by atoms with Crippen molar-refractivity contribution in [1.29, 1.82) is 0 Å². The molecule has 108 valence electrons. The summed E-state index contributed by atoms with van der Waals surface area (Å²) in [5.41, 5.74) is 2.69. The minimum Gasteiger partial charge on any atom is -0.313 e. The third-order valence-corrected chi connectivity index (χ3v) is 5.87. The summed E-state index contributed by atoms with van der Waals surface area (Å²) in [4.78, 5) is 9.80. The predicted molar refractivity (Wildman–Crippen MR) is 79.6 cm³/mol. The summed E-state index contributed by atoms with van der Waals surface area (Å²) >= 11 is 0. The number of nitrogens with one attached hydrogen (secondary N) is 1. The van der Waals surface area contributed by atoms with Crippen molar-refractivity contribution in [2.24, 2.45) is 11.8 Å². The van der Waals surface area contributed by atoms with Crippen molar-refractivity contribution in [3.05, 3.63) is 23.3 Å². The van der Waals surface area contributed by atoms with Gasteiger partial charge in [-0.2, -0.15) is 0 Å². The summed E-state index contributed by atoms with van der Waals surface area (Å²) in [7, 11) is 2.06. The molecule has 4 unspecified atom stereocenters. The first-order valence-electron chi connectivity index (χ1n) is 8.38. The Morgan fingerprint density at radius 2 is 2.10 bits per heavy atom. The lowest BCUT2D eigenvalue weighted by Gasteiger charge is -2.22. The van der Waals surface area contributed by atoms with E-state index in [1.54, 1.807) is 0 Å². The highest BCUT2D eigenvalue weighted by Crippen LogP contribution is 2.52. The highest BCUT2D eigenvalue weighted by molar-refractivity contribution is 5.24. The van der Waals surface area contributed by atoms with Crippen LogP contribution in [0.5, 0.6) is 0 Å². The SMILES string of the molecule is CNC1CCCCc2nc(C3CC4CCC3C4)ncc21. The highest BCUT2D eigenvalue weighted by Gasteiger charge is 2.41. The Balaban J connectivity index is 1.65. The van der Waals surface area contributed by atoms with E-state index in [4.69, 9.17) is 9.97 Å². The van der Waals surface area contributed by atoms with Crippen LogP contribution in [0.2, 0.25) is 0 Å². The van der Waals surface area contributed by atoms with Crippen LogP contribution in [0.25, 0.3) is 0 Å². The molecule has 1 N–H and O–H groups in total. The Bertz CT molecular complexity index is 499. The molecule has 0 aliphatic heterocycles. The summed E-state index contributed by atoms with van der Waals surface area (Å²) < 4.78 is 0. The molecule has 20 heavy (non-hydrogen) atoms. The van der Waals surface area contributed by atoms with Crippen LogP contribution in [0.3, 0.4) is 0 Å². The van der Waals surface area contributed by atoms with Gasteiger partial charge in [-0.25, -0.2) is 9.97 Å². The van der Waals surface area contributed by atoms with E-state index in [1.807, 2.05) is 0 Å². The molecular weight excluding hydrogens is 246 g/mol.